The Kier molecular flexibility index (Phi) is 3.44. The summed E-state index contributed by atoms with van der Waals surface area (Å²) < 4.78 is 0. The molecule has 106 valence electrons. The van der Waals surface area contributed by atoms with E-state index in [2.05, 4.69) is 5.10 Å². The van der Waals surface area contributed by atoms with Gasteiger partial charge in [0, 0.05) is 13.3 Å². The molecular formula is C17H16N2O2. The van der Waals surface area contributed by atoms with Crippen molar-refractivity contribution in [2.24, 2.45) is 5.10 Å². The molecule has 1 heterocycles. The van der Waals surface area contributed by atoms with Gasteiger partial charge in [0.2, 0.25) is 5.91 Å². The highest BCUT2D eigenvalue weighted by Gasteiger charge is 2.31. The van der Waals surface area contributed by atoms with Gasteiger partial charge in [0.15, 0.2) is 0 Å². The lowest BCUT2D eigenvalue weighted by Gasteiger charge is -2.20. The van der Waals surface area contributed by atoms with E-state index in [1.165, 1.54) is 11.9 Å². The van der Waals surface area contributed by atoms with Crippen molar-refractivity contribution >= 4 is 11.6 Å². The molecular weight excluding hydrogens is 264 g/mol. The number of phenols is 1. The summed E-state index contributed by atoms with van der Waals surface area (Å²) in [7, 11) is 0. The molecule has 0 unspecified atom stereocenters. The van der Waals surface area contributed by atoms with Crippen molar-refractivity contribution in [2.45, 2.75) is 19.4 Å². The molecule has 3 rings (SSSR count). The predicted octanol–water partition coefficient (Wildman–Crippen LogP) is 3.09. The summed E-state index contributed by atoms with van der Waals surface area (Å²) in [5, 5.41) is 15.4. The number of hydrogen-bond donors (Lipinski definition) is 1. The Morgan fingerprint density at radius 1 is 1.14 bits per heavy atom. The highest BCUT2D eigenvalue weighted by molar-refractivity contribution is 6.03. The minimum absolute atomic E-state index is 0.0625. The summed E-state index contributed by atoms with van der Waals surface area (Å²) >= 11 is 0. The summed E-state index contributed by atoms with van der Waals surface area (Å²) in [5.41, 5.74) is 2.86. The molecule has 0 fully saturated rings. The molecule has 2 aromatic carbocycles. The van der Waals surface area contributed by atoms with E-state index in [1.54, 1.807) is 12.1 Å². The Morgan fingerprint density at radius 2 is 1.81 bits per heavy atom. The molecule has 4 nitrogen and oxygen atoms in total. The van der Waals surface area contributed by atoms with E-state index in [-0.39, 0.29) is 17.7 Å². The zero-order valence-electron chi connectivity index (χ0n) is 11.7. The number of benzene rings is 2. The van der Waals surface area contributed by atoms with Crippen LogP contribution in [-0.2, 0) is 4.79 Å². The lowest BCUT2D eigenvalue weighted by molar-refractivity contribution is -0.130. The first kappa shape index (κ1) is 13.4. The van der Waals surface area contributed by atoms with Gasteiger partial charge in [-0.3, -0.25) is 4.79 Å². The normalized spacial score (nSPS) is 17.7. The second kappa shape index (κ2) is 5.40. The van der Waals surface area contributed by atoms with Crippen molar-refractivity contribution in [3.63, 3.8) is 0 Å². The van der Waals surface area contributed by atoms with Gasteiger partial charge in [0.05, 0.1) is 11.8 Å². The highest BCUT2D eigenvalue weighted by Crippen LogP contribution is 2.32. The molecule has 0 aliphatic carbocycles. The smallest absolute Gasteiger partial charge is 0.240 e. The first-order valence-corrected chi connectivity index (χ1v) is 6.87. The molecule has 1 N–H and O–H groups in total. The Labute approximate surface area is 123 Å². The van der Waals surface area contributed by atoms with E-state index in [0.29, 0.717) is 6.42 Å². The van der Waals surface area contributed by atoms with Gasteiger partial charge in [-0.05, 0) is 35.4 Å². The van der Waals surface area contributed by atoms with Gasteiger partial charge in [0.25, 0.3) is 0 Å². The van der Waals surface area contributed by atoms with Crippen molar-refractivity contribution < 1.29 is 9.90 Å². The van der Waals surface area contributed by atoms with E-state index < -0.39 is 0 Å². The van der Waals surface area contributed by atoms with Gasteiger partial charge < -0.3 is 5.11 Å². The number of aromatic hydroxyl groups is 1. The first-order valence-electron chi connectivity index (χ1n) is 6.87. The van der Waals surface area contributed by atoms with Crippen LogP contribution in [0, 0.1) is 0 Å². The summed E-state index contributed by atoms with van der Waals surface area (Å²) in [6.07, 6.45) is 0.675. The maximum atomic E-state index is 11.8. The van der Waals surface area contributed by atoms with Gasteiger partial charge in [-0.1, -0.05) is 30.3 Å². The predicted molar refractivity (Wildman–Crippen MR) is 81.0 cm³/mol. The highest BCUT2D eigenvalue weighted by atomic mass is 16.3. The number of nitrogens with zero attached hydrogens (tertiary/aromatic N) is 2. The van der Waals surface area contributed by atoms with Crippen molar-refractivity contribution in [2.75, 3.05) is 0 Å². The van der Waals surface area contributed by atoms with Gasteiger partial charge in [-0.15, -0.1) is 0 Å². The van der Waals surface area contributed by atoms with Gasteiger partial charge in [-0.2, -0.15) is 5.10 Å². The third kappa shape index (κ3) is 2.65. The summed E-state index contributed by atoms with van der Waals surface area (Å²) in [5.74, 6) is 0.151. The zero-order chi connectivity index (χ0) is 14.8. The quantitative estimate of drug-likeness (QED) is 0.919. The van der Waals surface area contributed by atoms with Crippen LogP contribution < -0.4 is 0 Å². The molecule has 0 bridgehead atoms. The average Bonchev–Trinajstić information content (AvgIpc) is 2.94. The number of amides is 1. The second-order valence-electron chi connectivity index (χ2n) is 5.09. The second-order valence-corrected chi connectivity index (χ2v) is 5.09. The topological polar surface area (TPSA) is 52.9 Å². The van der Waals surface area contributed by atoms with Crippen LogP contribution in [-0.4, -0.2) is 21.7 Å². The molecule has 0 saturated heterocycles. The monoisotopic (exact) mass is 280 g/mol. The Bertz CT molecular complexity index is 678. The molecule has 1 amide bonds. The van der Waals surface area contributed by atoms with E-state index in [9.17, 15) is 9.90 Å². The van der Waals surface area contributed by atoms with Gasteiger partial charge in [0.1, 0.15) is 5.75 Å². The van der Waals surface area contributed by atoms with Crippen LogP contribution in [0.15, 0.2) is 59.7 Å². The van der Waals surface area contributed by atoms with Crippen LogP contribution in [0.25, 0.3) is 0 Å². The largest absolute Gasteiger partial charge is 0.508 e. The SMILES string of the molecule is CC(=O)N1N=C(c2ccc(O)cc2)C[C@@H]1c1ccccc1. The van der Waals surface area contributed by atoms with E-state index in [1.807, 2.05) is 42.5 Å². The first-order chi connectivity index (χ1) is 10.1. The molecule has 1 aliphatic heterocycles. The van der Waals surface area contributed by atoms with Crippen LogP contribution >= 0.6 is 0 Å². The number of rotatable bonds is 2. The van der Waals surface area contributed by atoms with Gasteiger partial charge >= 0.3 is 0 Å². The number of hydrazone groups is 1. The maximum Gasteiger partial charge on any atom is 0.240 e. The van der Waals surface area contributed by atoms with E-state index in [0.717, 1.165) is 16.8 Å². The fourth-order valence-corrected chi connectivity index (χ4v) is 2.56. The van der Waals surface area contributed by atoms with Crippen LogP contribution in [0.4, 0.5) is 0 Å². The number of carbonyl (C=O) groups excluding carboxylic acids is 1. The van der Waals surface area contributed by atoms with Crippen molar-refractivity contribution in [3.8, 4) is 5.75 Å². The molecule has 0 saturated carbocycles. The minimum atomic E-state index is -0.0716. The van der Waals surface area contributed by atoms with Crippen LogP contribution in [0.2, 0.25) is 0 Å². The number of hydrogen-bond acceptors (Lipinski definition) is 3. The average molecular weight is 280 g/mol. The molecule has 1 atom stereocenters. The molecule has 21 heavy (non-hydrogen) atoms. The minimum Gasteiger partial charge on any atom is -0.508 e. The molecule has 0 radical (unpaired) electrons. The van der Waals surface area contributed by atoms with Crippen molar-refractivity contribution in [1.82, 2.24) is 5.01 Å². The van der Waals surface area contributed by atoms with Crippen LogP contribution in [0.1, 0.15) is 30.5 Å². The fraction of sp³-hybridized carbons (Fsp3) is 0.176. The Morgan fingerprint density at radius 3 is 2.43 bits per heavy atom. The Balaban J connectivity index is 1.93. The zero-order valence-corrected chi connectivity index (χ0v) is 11.7. The molecule has 0 aromatic heterocycles. The molecule has 0 spiro atoms. The molecule has 1 aliphatic rings. The summed E-state index contributed by atoms with van der Waals surface area (Å²) in [6, 6.07) is 16.7. The van der Waals surface area contributed by atoms with E-state index >= 15 is 0 Å². The third-order valence-corrected chi connectivity index (χ3v) is 3.62. The summed E-state index contributed by atoms with van der Waals surface area (Å²) in [6.45, 7) is 1.53. The van der Waals surface area contributed by atoms with Crippen LogP contribution in [0.3, 0.4) is 0 Å². The standard InChI is InChI=1S/C17H16N2O2/c1-12(20)19-17(14-5-3-2-4-6-14)11-16(18-19)13-7-9-15(21)10-8-13/h2-10,17,21H,11H2,1H3/t17-/m1/s1. The lowest BCUT2D eigenvalue weighted by atomic mass is 9.98. The van der Waals surface area contributed by atoms with Gasteiger partial charge in [-0.25, -0.2) is 5.01 Å². The number of phenolic OH excluding ortho intramolecular Hbond substituents is 1. The summed E-state index contributed by atoms with van der Waals surface area (Å²) in [4.78, 5) is 11.8. The molecule has 4 heteroatoms. The van der Waals surface area contributed by atoms with E-state index in [4.69, 9.17) is 0 Å². The Hall–Kier alpha value is -2.62. The maximum absolute atomic E-state index is 11.8. The number of carbonyl (C=O) groups is 1. The van der Waals surface area contributed by atoms with Crippen molar-refractivity contribution in [3.05, 3.63) is 65.7 Å². The van der Waals surface area contributed by atoms with Crippen molar-refractivity contribution in [1.29, 1.82) is 0 Å². The third-order valence-electron chi connectivity index (χ3n) is 3.62. The fourth-order valence-electron chi connectivity index (χ4n) is 2.56. The molecule has 2 aromatic rings. The lowest BCUT2D eigenvalue weighted by Crippen LogP contribution is -2.24. The van der Waals surface area contributed by atoms with Crippen LogP contribution in [0.5, 0.6) is 5.75 Å².